The first kappa shape index (κ1) is 18.0. The van der Waals surface area contributed by atoms with Crippen molar-refractivity contribution in [3.05, 3.63) is 56.7 Å². The number of hydrogen-bond donors (Lipinski definition) is 2. The summed E-state index contributed by atoms with van der Waals surface area (Å²) in [6.45, 7) is 0.497. The maximum atomic E-state index is 12.3. The van der Waals surface area contributed by atoms with Gasteiger partial charge in [0.15, 0.2) is 16.3 Å². The summed E-state index contributed by atoms with van der Waals surface area (Å²) in [6, 6.07) is 9.82. The first-order valence-electron chi connectivity index (χ1n) is 8.05. The molecule has 0 aliphatic carbocycles. The Hall–Kier alpha value is -2.81. The molecule has 0 spiro atoms. The van der Waals surface area contributed by atoms with Gasteiger partial charge in [-0.05, 0) is 12.0 Å². The summed E-state index contributed by atoms with van der Waals surface area (Å²) in [7, 11) is 1.54. The number of aliphatic carboxylic acids is 1. The lowest BCUT2D eigenvalue weighted by molar-refractivity contribution is -0.136. The summed E-state index contributed by atoms with van der Waals surface area (Å²) < 4.78 is 3.05. The van der Waals surface area contributed by atoms with Gasteiger partial charge in [-0.3, -0.25) is 19.1 Å². The number of aromatic amines is 1. The number of fused-ring (bicyclic) bond motifs is 1. The maximum Gasteiger partial charge on any atom is 0.329 e. The van der Waals surface area contributed by atoms with Gasteiger partial charge in [0.25, 0.3) is 5.56 Å². The second-order valence-corrected chi connectivity index (χ2v) is 6.83. The number of thioether (sulfide) groups is 1. The van der Waals surface area contributed by atoms with Crippen LogP contribution in [-0.2, 0) is 24.8 Å². The third-order valence-electron chi connectivity index (χ3n) is 3.99. The molecule has 3 aromatic rings. The van der Waals surface area contributed by atoms with E-state index in [1.54, 1.807) is 11.6 Å². The van der Waals surface area contributed by atoms with Crippen LogP contribution in [-0.4, -0.2) is 35.9 Å². The minimum atomic E-state index is -0.894. The number of aromatic nitrogens is 4. The zero-order valence-electron chi connectivity index (χ0n) is 14.1. The number of nitrogens with zero attached hydrogens (tertiary/aromatic N) is 3. The average Bonchev–Trinajstić information content (AvgIpc) is 2.98. The second kappa shape index (κ2) is 7.61. The maximum absolute atomic E-state index is 12.3. The van der Waals surface area contributed by atoms with Gasteiger partial charge in [0, 0.05) is 19.3 Å². The Bertz CT molecular complexity index is 1050. The second-order valence-electron chi connectivity index (χ2n) is 5.76. The monoisotopic (exact) mass is 374 g/mol. The van der Waals surface area contributed by atoms with Crippen molar-refractivity contribution < 1.29 is 9.90 Å². The third-order valence-corrected chi connectivity index (χ3v) is 4.96. The molecular weight excluding hydrogens is 356 g/mol. The highest BCUT2D eigenvalue weighted by Crippen LogP contribution is 2.22. The van der Waals surface area contributed by atoms with E-state index in [-0.39, 0.29) is 6.42 Å². The van der Waals surface area contributed by atoms with E-state index in [4.69, 9.17) is 5.11 Å². The molecule has 0 saturated carbocycles. The van der Waals surface area contributed by atoms with Crippen molar-refractivity contribution in [1.82, 2.24) is 19.1 Å². The summed E-state index contributed by atoms with van der Waals surface area (Å²) >= 11 is 1.26. The fourth-order valence-electron chi connectivity index (χ4n) is 2.65. The number of carboxylic acid groups (broad SMARTS) is 1. The van der Waals surface area contributed by atoms with Crippen molar-refractivity contribution in [3.8, 4) is 0 Å². The van der Waals surface area contributed by atoms with E-state index >= 15 is 0 Å². The van der Waals surface area contributed by atoms with Gasteiger partial charge in [0.2, 0.25) is 0 Å². The highest BCUT2D eigenvalue weighted by Gasteiger charge is 2.17. The Morgan fingerprint density at radius 1 is 1.27 bits per heavy atom. The highest BCUT2D eigenvalue weighted by molar-refractivity contribution is 7.99. The number of imidazole rings is 1. The summed E-state index contributed by atoms with van der Waals surface area (Å²) in [5, 5.41) is 9.37. The molecule has 0 aliphatic heterocycles. The van der Waals surface area contributed by atoms with Crippen molar-refractivity contribution in [2.24, 2.45) is 7.05 Å². The molecular formula is C17H18N4O4S. The number of H-pyrrole nitrogens is 1. The lowest BCUT2D eigenvalue weighted by atomic mass is 10.1. The minimum Gasteiger partial charge on any atom is -0.481 e. The van der Waals surface area contributed by atoms with Crippen LogP contribution < -0.4 is 11.2 Å². The molecule has 8 nitrogen and oxygen atoms in total. The molecule has 0 bridgehead atoms. The molecule has 3 rings (SSSR count). The first-order valence-corrected chi connectivity index (χ1v) is 9.04. The summed E-state index contributed by atoms with van der Waals surface area (Å²) in [6.07, 6.45) is 0.670. The zero-order chi connectivity index (χ0) is 18.7. The Labute approximate surface area is 152 Å². The topological polar surface area (TPSA) is 110 Å². The smallest absolute Gasteiger partial charge is 0.329 e. The predicted molar refractivity (Wildman–Crippen MR) is 98.7 cm³/mol. The zero-order valence-corrected chi connectivity index (χ0v) is 15.0. The molecule has 0 atom stereocenters. The third kappa shape index (κ3) is 3.72. The summed E-state index contributed by atoms with van der Waals surface area (Å²) in [4.78, 5) is 41.7. The largest absolute Gasteiger partial charge is 0.481 e. The Balaban J connectivity index is 2.01. The summed E-state index contributed by atoms with van der Waals surface area (Å²) in [5.41, 5.74) is 0.702. The van der Waals surface area contributed by atoms with E-state index in [0.717, 1.165) is 5.56 Å². The molecule has 9 heteroatoms. The van der Waals surface area contributed by atoms with Crippen LogP contribution in [0.2, 0.25) is 0 Å². The van der Waals surface area contributed by atoms with Crippen molar-refractivity contribution in [3.63, 3.8) is 0 Å². The number of hydrogen-bond acceptors (Lipinski definition) is 5. The van der Waals surface area contributed by atoms with Gasteiger partial charge < -0.3 is 9.67 Å². The lowest BCUT2D eigenvalue weighted by Gasteiger charge is -2.08. The number of benzene rings is 1. The molecule has 2 N–H and O–H groups in total. The van der Waals surface area contributed by atoms with Gasteiger partial charge >= 0.3 is 11.7 Å². The molecule has 0 unspecified atom stereocenters. The van der Waals surface area contributed by atoms with E-state index in [9.17, 15) is 14.4 Å². The van der Waals surface area contributed by atoms with E-state index in [2.05, 4.69) is 9.97 Å². The van der Waals surface area contributed by atoms with Crippen LogP contribution in [0.5, 0.6) is 0 Å². The standard InChI is InChI=1S/C17H18N4O4S/c1-20-14-13(15(24)19-16(20)25)21(9-7-11-5-3-2-4-6-11)17(18-14)26-10-8-12(22)23/h2-6H,7-10H2,1H3,(H,22,23)(H,19,24,25). The first-order chi connectivity index (χ1) is 12.5. The molecule has 0 saturated heterocycles. The number of carbonyl (C=O) groups is 1. The van der Waals surface area contributed by atoms with Crippen molar-refractivity contribution in [1.29, 1.82) is 0 Å². The van der Waals surface area contributed by atoms with Gasteiger partial charge in [-0.1, -0.05) is 42.1 Å². The van der Waals surface area contributed by atoms with Gasteiger partial charge in [0.05, 0.1) is 6.42 Å². The van der Waals surface area contributed by atoms with E-state index in [0.29, 0.717) is 35.0 Å². The number of carboxylic acids is 1. The van der Waals surface area contributed by atoms with Crippen LogP contribution in [0.15, 0.2) is 45.1 Å². The molecule has 1 aromatic carbocycles. The Morgan fingerprint density at radius 3 is 2.69 bits per heavy atom. The molecule has 0 amide bonds. The van der Waals surface area contributed by atoms with Gasteiger partial charge in [-0.15, -0.1) is 0 Å². The fraction of sp³-hybridized carbons (Fsp3) is 0.294. The minimum absolute atomic E-state index is 0.0121. The van der Waals surface area contributed by atoms with Crippen LogP contribution >= 0.6 is 11.8 Å². The normalized spacial score (nSPS) is 11.1. The Morgan fingerprint density at radius 2 is 2.00 bits per heavy atom. The van der Waals surface area contributed by atoms with E-state index < -0.39 is 17.2 Å². The van der Waals surface area contributed by atoms with Crippen LogP contribution in [0, 0.1) is 0 Å². The highest BCUT2D eigenvalue weighted by atomic mass is 32.2. The quantitative estimate of drug-likeness (QED) is 0.602. The number of nitrogens with one attached hydrogen (secondary N) is 1. The lowest BCUT2D eigenvalue weighted by Crippen LogP contribution is -2.29. The van der Waals surface area contributed by atoms with Gasteiger partial charge in [0.1, 0.15) is 0 Å². The number of aryl methyl sites for hydroxylation is 3. The molecule has 26 heavy (non-hydrogen) atoms. The van der Waals surface area contributed by atoms with Gasteiger partial charge in [-0.25, -0.2) is 9.78 Å². The van der Waals surface area contributed by atoms with Crippen molar-refractivity contribution in [2.45, 2.75) is 24.5 Å². The molecule has 2 aromatic heterocycles. The fourth-order valence-corrected chi connectivity index (χ4v) is 3.60. The molecule has 2 heterocycles. The van der Waals surface area contributed by atoms with Crippen LogP contribution in [0.3, 0.4) is 0 Å². The molecule has 0 fully saturated rings. The number of rotatable bonds is 7. The van der Waals surface area contributed by atoms with Crippen LogP contribution in [0.4, 0.5) is 0 Å². The van der Waals surface area contributed by atoms with E-state index in [1.165, 1.54) is 16.3 Å². The molecule has 136 valence electrons. The summed E-state index contributed by atoms with van der Waals surface area (Å²) in [5.74, 6) is -0.565. The van der Waals surface area contributed by atoms with Crippen molar-refractivity contribution >= 4 is 28.9 Å². The van der Waals surface area contributed by atoms with Crippen LogP contribution in [0.1, 0.15) is 12.0 Å². The molecule has 0 radical (unpaired) electrons. The SMILES string of the molecule is Cn1c(=O)[nH]c(=O)c2c1nc(SCCC(=O)O)n2CCc1ccccc1. The predicted octanol–water partition coefficient (Wildman–Crippen LogP) is 1.23. The van der Waals surface area contributed by atoms with Gasteiger partial charge in [-0.2, -0.15) is 0 Å². The van der Waals surface area contributed by atoms with Crippen LogP contribution in [0.25, 0.3) is 11.2 Å². The molecule has 0 aliphatic rings. The Kier molecular flexibility index (Phi) is 5.27. The van der Waals surface area contributed by atoms with E-state index in [1.807, 2.05) is 30.3 Å². The average molecular weight is 374 g/mol. The van der Waals surface area contributed by atoms with Crippen molar-refractivity contribution in [2.75, 3.05) is 5.75 Å².